The van der Waals surface area contributed by atoms with Crippen molar-refractivity contribution in [3.05, 3.63) is 58.0 Å². The third-order valence-electron chi connectivity index (χ3n) is 2.47. The van der Waals surface area contributed by atoms with Gasteiger partial charge < -0.3 is 5.73 Å². The molecule has 88 valence electrons. The molecule has 0 fully saturated rings. The largest absolute Gasteiger partial charge is 0.396 e. The van der Waals surface area contributed by atoms with Gasteiger partial charge in [-0.1, -0.05) is 12.1 Å². The van der Waals surface area contributed by atoms with Crippen molar-refractivity contribution in [2.24, 2.45) is 0 Å². The number of nitrogens with zero attached hydrogens (tertiary/aromatic N) is 2. The number of nitrogen functional groups attached to an aromatic ring is 1. The molecule has 0 unspecified atom stereocenters. The second-order valence-electron chi connectivity index (χ2n) is 3.82. The maximum Gasteiger partial charge on any atom is 0.253 e. The number of benzene rings is 1. The lowest BCUT2D eigenvalue weighted by atomic mass is 10.2. The van der Waals surface area contributed by atoms with Crippen LogP contribution in [0.1, 0.15) is 11.3 Å². The fourth-order valence-electron chi connectivity index (χ4n) is 1.54. The van der Waals surface area contributed by atoms with Crippen LogP contribution in [-0.2, 0) is 6.54 Å². The van der Waals surface area contributed by atoms with Crippen molar-refractivity contribution < 1.29 is 4.39 Å². The molecule has 1 aromatic carbocycles. The average molecular weight is 233 g/mol. The Labute approximate surface area is 97.5 Å². The van der Waals surface area contributed by atoms with Gasteiger partial charge in [-0.15, -0.1) is 0 Å². The lowest BCUT2D eigenvalue weighted by molar-refractivity contribution is 0.598. The molecule has 4 nitrogen and oxygen atoms in total. The lowest BCUT2D eigenvalue weighted by Crippen LogP contribution is -2.21. The summed E-state index contributed by atoms with van der Waals surface area (Å²) in [6.07, 6.45) is 1.40. The van der Waals surface area contributed by atoms with E-state index < -0.39 is 5.82 Å². The van der Waals surface area contributed by atoms with E-state index in [9.17, 15) is 9.18 Å². The number of hydrogen-bond acceptors (Lipinski definition) is 3. The van der Waals surface area contributed by atoms with Gasteiger partial charge in [-0.3, -0.25) is 9.36 Å². The van der Waals surface area contributed by atoms with E-state index >= 15 is 0 Å². The second kappa shape index (κ2) is 4.37. The topological polar surface area (TPSA) is 60.9 Å². The zero-order valence-electron chi connectivity index (χ0n) is 9.35. The molecule has 0 aliphatic heterocycles. The number of halogens is 1. The highest BCUT2D eigenvalue weighted by molar-refractivity contribution is 5.42. The number of aryl methyl sites for hydroxylation is 1. The molecule has 0 atom stereocenters. The fourth-order valence-corrected chi connectivity index (χ4v) is 1.54. The number of hydrogen-bond donors (Lipinski definition) is 1. The van der Waals surface area contributed by atoms with E-state index in [1.807, 2.05) is 0 Å². The van der Waals surface area contributed by atoms with E-state index in [1.165, 1.54) is 23.0 Å². The molecule has 0 aliphatic carbocycles. The standard InChI is InChI=1S/C12H12FN3O/c1-8-5-11(17)16(7-15-8)6-9-3-2-4-10(14)12(9)13/h2-5,7H,6,14H2,1H3. The predicted molar refractivity (Wildman–Crippen MR) is 63.1 cm³/mol. The van der Waals surface area contributed by atoms with Crippen LogP contribution >= 0.6 is 0 Å². The molecule has 0 saturated heterocycles. The Bertz CT molecular complexity index is 607. The average Bonchev–Trinajstić information content (AvgIpc) is 2.28. The summed E-state index contributed by atoms with van der Waals surface area (Å²) in [5.41, 5.74) is 6.34. The van der Waals surface area contributed by atoms with Crippen molar-refractivity contribution in [2.75, 3.05) is 5.73 Å². The molecule has 0 saturated carbocycles. The van der Waals surface area contributed by atoms with Gasteiger partial charge in [0.05, 0.1) is 18.6 Å². The quantitative estimate of drug-likeness (QED) is 0.796. The fraction of sp³-hybridized carbons (Fsp3) is 0.167. The van der Waals surface area contributed by atoms with Gasteiger partial charge in [-0.2, -0.15) is 0 Å². The zero-order valence-corrected chi connectivity index (χ0v) is 9.35. The maximum absolute atomic E-state index is 13.6. The predicted octanol–water partition coefficient (Wildman–Crippen LogP) is 1.32. The van der Waals surface area contributed by atoms with Crippen molar-refractivity contribution in [3.8, 4) is 0 Å². The third kappa shape index (κ3) is 2.33. The highest BCUT2D eigenvalue weighted by atomic mass is 19.1. The first-order valence-electron chi connectivity index (χ1n) is 5.14. The molecule has 1 heterocycles. The molecule has 0 amide bonds. The Balaban J connectivity index is 2.38. The van der Waals surface area contributed by atoms with Gasteiger partial charge >= 0.3 is 0 Å². The Hall–Kier alpha value is -2.17. The van der Waals surface area contributed by atoms with Crippen LogP contribution in [0.4, 0.5) is 10.1 Å². The van der Waals surface area contributed by atoms with Crippen LogP contribution in [0.5, 0.6) is 0 Å². The van der Waals surface area contributed by atoms with E-state index in [4.69, 9.17) is 5.73 Å². The molecule has 0 radical (unpaired) electrons. The van der Waals surface area contributed by atoms with Crippen molar-refractivity contribution in [1.82, 2.24) is 9.55 Å². The van der Waals surface area contributed by atoms with Crippen molar-refractivity contribution in [3.63, 3.8) is 0 Å². The van der Waals surface area contributed by atoms with Crippen LogP contribution in [0.15, 0.2) is 35.4 Å². The van der Waals surface area contributed by atoms with Gasteiger partial charge in [-0.05, 0) is 13.0 Å². The highest BCUT2D eigenvalue weighted by Crippen LogP contribution is 2.14. The van der Waals surface area contributed by atoms with E-state index in [-0.39, 0.29) is 17.8 Å². The molecule has 2 N–H and O–H groups in total. The molecule has 0 spiro atoms. The van der Waals surface area contributed by atoms with Crippen LogP contribution in [0, 0.1) is 12.7 Å². The van der Waals surface area contributed by atoms with E-state index in [0.717, 1.165) is 0 Å². The second-order valence-corrected chi connectivity index (χ2v) is 3.82. The molecule has 0 bridgehead atoms. The minimum atomic E-state index is -0.486. The first kappa shape index (κ1) is 11.3. The maximum atomic E-state index is 13.6. The Morgan fingerprint density at radius 2 is 2.24 bits per heavy atom. The van der Waals surface area contributed by atoms with Gasteiger partial charge in [0.15, 0.2) is 5.82 Å². The molecule has 1 aromatic heterocycles. The normalized spacial score (nSPS) is 10.5. The third-order valence-corrected chi connectivity index (χ3v) is 2.47. The summed E-state index contributed by atoms with van der Waals surface area (Å²) in [4.78, 5) is 15.6. The molecule has 2 aromatic rings. The minimum Gasteiger partial charge on any atom is -0.396 e. The summed E-state index contributed by atoms with van der Waals surface area (Å²) >= 11 is 0. The van der Waals surface area contributed by atoms with Gasteiger partial charge in [0.2, 0.25) is 0 Å². The van der Waals surface area contributed by atoms with Crippen molar-refractivity contribution in [1.29, 1.82) is 0 Å². The van der Waals surface area contributed by atoms with Gasteiger partial charge in [-0.25, -0.2) is 9.37 Å². The number of nitrogens with two attached hydrogens (primary N) is 1. The van der Waals surface area contributed by atoms with Gasteiger partial charge in [0.1, 0.15) is 0 Å². The molecular weight excluding hydrogens is 221 g/mol. The molecular formula is C12H12FN3O. The van der Waals surface area contributed by atoms with Crippen LogP contribution in [0.3, 0.4) is 0 Å². The summed E-state index contributed by atoms with van der Waals surface area (Å²) < 4.78 is 15.0. The zero-order chi connectivity index (χ0) is 12.4. The minimum absolute atomic E-state index is 0.0793. The van der Waals surface area contributed by atoms with E-state index in [1.54, 1.807) is 19.1 Å². The molecule has 0 aliphatic rings. The highest BCUT2D eigenvalue weighted by Gasteiger charge is 2.06. The Morgan fingerprint density at radius 3 is 2.94 bits per heavy atom. The molecule has 2 rings (SSSR count). The number of anilines is 1. The van der Waals surface area contributed by atoms with Gasteiger partial charge in [0.25, 0.3) is 5.56 Å². The molecule has 17 heavy (non-hydrogen) atoms. The lowest BCUT2D eigenvalue weighted by Gasteiger charge is -2.07. The monoisotopic (exact) mass is 233 g/mol. The summed E-state index contributed by atoms with van der Waals surface area (Å²) in [5.74, 6) is -0.486. The first-order valence-corrected chi connectivity index (χ1v) is 5.14. The van der Waals surface area contributed by atoms with Crippen LogP contribution < -0.4 is 11.3 Å². The van der Waals surface area contributed by atoms with Crippen molar-refractivity contribution >= 4 is 5.69 Å². The first-order chi connectivity index (χ1) is 8.08. The summed E-state index contributed by atoms with van der Waals surface area (Å²) in [7, 11) is 0. The Morgan fingerprint density at radius 1 is 1.47 bits per heavy atom. The van der Waals surface area contributed by atoms with E-state index in [0.29, 0.717) is 11.3 Å². The molecule has 5 heteroatoms. The summed E-state index contributed by atoms with van der Waals surface area (Å²) in [6, 6.07) is 6.14. The van der Waals surface area contributed by atoms with Crippen LogP contribution in [0.25, 0.3) is 0 Å². The summed E-state index contributed by atoms with van der Waals surface area (Å²) in [6.45, 7) is 1.86. The van der Waals surface area contributed by atoms with Gasteiger partial charge in [0, 0.05) is 17.3 Å². The van der Waals surface area contributed by atoms with Crippen molar-refractivity contribution in [2.45, 2.75) is 13.5 Å². The van der Waals surface area contributed by atoms with Crippen LogP contribution in [0.2, 0.25) is 0 Å². The van der Waals surface area contributed by atoms with E-state index in [2.05, 4.69) is 4.98 Å². The summed E-state index contributed by atoms with van der Waals surface area (Å²) in [5, 5.41) is 0. The number of aromatic nitrogens is 2. The number of rotatable bonds is 2. The SMILES string of the molecule is Cc1cc(=O)n(Cc2cccc(N)c2F)cn1. The smallest absolute Gasteiger partial charge is 0.253 e. The Kier molecular flexibility index (Phi) is 2.91. The van der Waals surface area contributed by atoms with Crippen LogP contribution in [-0.4, -0.2) is 9.55 Å².